The Labute approximate surface area is 136 Å². The predicted octanol–water partition coefficient (Wildman–Crippen LogP) is 3.18. The van der Waals surface area contributed by atoms with Crippen molar-refractivity contribution < 1.29 is 4.74 Å². The number of aromatic nitrogens is 2. The molecule has 1 saturated heterocycles. The van der Waals surface area contributed by atoms with Crippen LogP contribution in [-0.4, -0.2) is 46.1 Å². The summed E-state index contributed by atoms with van der Waals surface area (Å²) in [7, 11) is 1.70. The van der Waals surface area contributed by atoms with Crippen LogP contribution in [0.15, 0.2) is 6.07 Å². The number of rotatable bonds is 5. The van der Waals surface area contributed by atoms with E-state index in [1.807, 2.05) is 17.8 Å². The number of nitrogens with one attached hydrogen (secondary N) is 1. The summed E-state index contributed by atoms with van der Waals surface area (Å²) in [5, 5.41) is 4.15. The highest BCUT2D eigenvalue weighted by molar-refractivity contribution is 8.06. The van der Waals surface area contributed by atoms with Gasteiger partial charge in [-0.2, -0.15) is 23.5 Å². The second kappa shape index (κ2) is 7.70. The Morgan fingerprint density at radius 3 is 2.76 bits per heavy atom. The lowest BCUT2D eigenvalue weighted by atomic mass is 9.95. The van der Waals surface area contributed by atoms with Crippen LogP contribution in [0.3, 0.4) is 0 Å². The van der Waals surface area contributed by atoms with Gasteiger partial charge in [0.05, 0.1) is 12.3 Å². The van der Waals surface area contributed by atoms with Gasteiger partial charge in [0.2, 0.25) is 0 Å². The van der Waals surface area contributed by atoms with Crippen LogP contribution in [0, 0.1) is 0 Å². The van der Waals surface area contributed by atoms with Crippen LogP contribution in [0.1, 0.15) is 32.3 Å². The first-order chi connectivity index (χ1) is 9.99. The molecular formula is C15H25N3OS2. The Morgan fingerprint density at radius 2 is 2.14 bits per heavy atom. The van der Waals surface area contributed by atoms with E-state index in [4.69, 9.17) is 4.74 Å². The second-order valence-corrected chi connectivity index (χ2v) is 8.76. The molecule has 1 atom stereocenters. The van der Waals surface area contributed by atoms with Crippen LogP contribution >= 0.6 is 23.5 Å². The Balaban J connectivity index is 2.07. The van der Waals surface area contributed by atoms with Crippen molar-refractivity contribution in [3.8, 4) is 0 Å². The van der Waals surface area contributed by atoms with Gasteiger partial charge in [0, 0.05) is 47.6 Å². The van der Waals surface area contributed by atoms with Crippen LogP contribution in [0.2, 0.25) is 0 Å². The molecule has 0 bridgehead atoms. The van der Waals surface area contributed by atoms with Gasteiger partial charge in [-0.25, -0.2) is 9.97 Å². The number of nitrogens with zero attached hydrogens (tertiary/aromatic N) is 2. The first-order valence-corrected chi connectivity index (χ1v) is 9.50. The van der Waals surface area contributed by atoms with Gasteiger partial charge < -0.3 is 10.1 Å². The Kier molecular flexibility index (Phi) is 6.20. The summed E-state index contributed by atoms with van der Waals surface area (Å²) >= 11 is 4.10. The average Bonchev–Trinajstić information content (AvgIpc) is 2.45. The van der Waals surface area contributed by atoms with E-state index in [-0.39, 0.29) is 5.41 Å². The molecule has 1 aromatic rings. The van der Waals surface area contributed by atoms with E-state index in [0.717, 1.165) is 23.9 Å². The lowest BCUT2D eigenvalue weighted by molar-refractivity contribution is 0.181. The van der Waals surface area contributed by atoms with Gasteiger partial charge in [-0.1, -0.05) is 20.8 Å². The van der Waals surface area contributed by atoms with E-state index in [1.165, 1.54) is 17.3 Å². The third kappa shape index (κ3) is 5.34. The summed E-state index contributed by atoms with van der Waals surface area (Å²) < 4.78 is 5.22. The Bertz CT molecular complexity index is 457. The number of hydrogen-bond donors (Lipinski definition) is 1. The van der Waals surface area contributed by atoms with Crippen molar-refractivity contribution >= 4 is 29.3 Å². The molecule has 6 heteroatoms. The van der Waals surface area contributed by atoms with Crippen molar-refractivity contribution in [3.63, 3.8) is 0 Å². The highest BCUT2D eigenvalue weighted by Crippen LogP contribution is 2.25. The third-order valence-electron chi connectivity index (χ3n) is 3.14. The maximum Gasteiger partial charge on any atom is 0.136 e. The van der Waals surface area contributed by atoms with Crippen LogP contribution < -0.4 is 5.32 Å². The molecule has 4 nitrogen and oxygen atoms in total. The molecule has 1 aliphatic heterocycles. The number of thioether (sulfide) groups is 2. The largest absolute Gasteiger partial charge is 0.378 e. The van der Waals surface area contributed by atoms with Crippen LogP contribution in [0.5, 0.6) is 0 Å². The van der Waals surface area contributed by atoms with Gasteiger partial charge >= 0.3 is 0 Å². The lowest BCUT2D eigenvalue weighted by Crippen LogP contribution is -2.25. The predicted molar refractivity (Wildman–Crippen MR) is 93.5 cm³/mol. The van der Waals surface area contributed by atoms with Crippen molar-refractivity contribution in [1.82, 2.24) is 9.97 Å². The summed E-state index contributed by atoms with van der Waals surface area (Å²) in [5.74, 6) is 5.53. The van der Waals surface area contributed by atoms with Crippen molar-refractivity contribution in [2.24, 2.45) is 0 Å². The van der Waals surface area contributed by atoms with Crippen LogP contribution in [-0.2, 0) is 16.8 Å². The van der Waals surface area contributed by atoms with Gasteiger partial charge in [-0.05, 0) is 0 Å². The minimum absolute atomic E-state index is 0.0599. The van der Waals surface area contributed by atoms with Crippen LogP contribution in [0.25, 0.3) is 0 Å². The maximum absolute atomic E-state index is 5.22. The summed E-state index contributed by atoms with van der Waals surface area (Å²) in [6.07, 6.45) is 0. The van der Waals surface area contributed by atoms with E-state index in [0.29, 0.717) is 11.9 Å². The average molecular weight is 328 g/mol. The van der Waals surface area contributed by atoms with E-state index < -0.39 is 0 Å². The molecule has 0 aromatic carbocycles. The monoisotopic (exact) mass is 327 g/mol. The Morgan fingerprint density at radius 1 is 1.33 bits per heavy atom. The fourth-order valence-electron chi connectivity index (χ4n) is 2.02. The zero-order valence-electron chi connectivity index (χ0n) is 13.3. The highest BCUT2D eigenvalue weighted by atomic mass is 32.2. The summed E-state index contributed by atoms with van der Waals surface area (Å²) in [5.41, 5.74) is 0.876. The normalized spacial score (nSPS) is 19.5. The molecule has 1 aliphatic rings. The molecule has 0 spiro atoms. The van der Waals surface area contributed by atoms with Gasteiger partial charge in [0.15, 0.2) is 0 Å². The zero-order chi connectivity index (χ0) is 15.3. The van der Waals surface area contributed by atoms with Crippen molar-refractivity contribution in [3.05, 3.63) is 17.6 Å². The van der Waals surface area contributed by atoms with Gasteiger partial charge in [0.25, 0.3) is 0 Å². The number of methoxy groups -OCH3 is 1. The molecule has 2 heterocycles. The third-order valence-corrected chi connectivity index (χ3v) is 5.98. The lowest BCUT2D eigenvalue weighted by Gasteiger charge is -2.22. The van der Waals surface area contributed by atoms with Crippen molar-refractivity contribution in [1.29, 1.82) is 0 Å². The van der Waals surface area contributed by atoms with Crippen LogP contribution in [0.4, 0.5) is 5.82 Å². The molecule has 0 aliphatic carbocycles. The molecule has 1 N–H and O–H groups in total. The molecule has 0 saturated carbocycles. The maximum atomic E-state index is 5.22. The molecule has 1 aromatic heterocycles. The molecule has 21 heavy (non-hydrogen) atoms. The minimum atomic E-state index is -0.0599. The number of hydrogen-bond acceptors (Lipinski definition) is 6. The zero-order valence-corrected chi connectivity index (χ0v) is 14.9. The molecule has 1 unspecified atom stereocenters. The van der Waals surface area contributed by atoms with E-state index in [1.54, 1.807) is 7.11 Å². The smallest absolute Gasteiger partial charge is 0.136 e. The van der Waals surface area contributed by atoms with Gasteiger partial charge in [-0.15, -0.1) is 0 Å². The first-order valence-electron chi connectivity index (χ1n) is 7.29. The quantitative estimate of drug-likeness (QED) is 0.896. The topological polar surface area (TPSA) is 47.0 Å². The van der Waals surface area contributed by atoms with Crippen molar-refractivity contribution in [2.75, 3.05) is 36.2 Å². The molecule has 118 valence electrons. The fourth-order valence-corrected chi connectivity index (χ4v) is 4.63. The van der Waals surface area contributed by atoms with Gasteiger partial charge in [0.1, 0.15) is 11.6 Å². The van der Waals surface area contributed by atoms with E-state index >= 15 is 0 Å². The SMILES string of the molecule is COCc1cc(NCC2CSCCS2)nc(C(C)(C)C)n1. The molecular weight excluding hydrogens is 302 g/mol. The van der Waals surface area contributed by atoms with E-state index in [2.05, 4.69) is 47.8 Å². The number of ether oxygens (including phenoxy) is 1. The minimum Gasteiger partial charge on any atom is -0.378 e. The molecule has 1 fully saturated rings. The molecule has 0 amide bonds. The fraction of sp³-hybridized carbons (Fsp3) is 0.733. The second-order valence-electron chi connectivity index (χ2n) is 6.20. The number of anilines is 1. The molecule has 2 rings (SSSR count). The summed E-state index contributed by atoms with van der Waals surface area (Å²) in [6, 6.07) is 2.00. The van der Waals surface area contributed by atoms with Gasteiger partial charge in [-0.3, -0.25) is 0 Å². The van der Waals surface area contributed by atoms with E-state index in [9.17, 15) is 0 Å². The highest BCUT2D eigenvalue weighted by Gasteiger charge is 2.20. The summed E-state index contributed by atoms with van der Waals surface area (Å²) in [4.78, 5) is 9.28. The first kappa shape index (κ1) is 16.9. The summed E-state index contributed by atoms with van der Waals surface area (Å²) in [6.45, 7) is 7.89. The molecule has 0 radical (unpaired) electrons. The standard InChI is InChI=1S/C15H25N3OS2/c1-15(2,3)14-17-11(9-19-4)7-13(18-14)16-8-12-10-20-5-6-21-12/h7,12H,5-6,8-10H2,1-4H3,(H,16,17,18). The van der Waals surface area contributed by atoms with Crippen molar-refractivity contribution in [2.45, 2.75) is 38.0 Å². The Hall–Kier alpha value is -0.460.